The van der Waals surface area contributed by atoms with Crippen LogP contribution in [0.4, 0.5) is 0 Å². The molecule has 0 atom stereocenters. The lowest BCUT2D eigenvalue weighted by atomic mass is 10.1. The predicted octanol–water partition coefficient (Wildman–Crippen LogP) is 4.65. The van der Waals surface area contributed by atoms with Gasteiger partial charge in [0.2, 0.25) is 5.91 Å². The van der Waals surface area contributed by atoms with Crippen LogP contribution in [0.2, 0.25) is 0 Å². The lowest BCUT2D eigenvalue weighted by Gasteiger charge is -2.22. The van der Waals surface area contributed by atoms with Crippen LogP contribution in [0.1, 0.15) is 48.2 Å². The summed E-state index contributed by atoms with van der Waals surface area (Å²) in [6, 6.07) is 4.23. The fourth-order valence-electron chi connectivity index (χ4n) is 2.72. The van der Waals surface area contributed by atoms with Gasteiger partial charge in [-0.15, -0.1) is 11.3 Å². The molecule has 0 radical (unpaired) electrons. The summed E-state index contributed by atoms with van der Waals surface area (Å²) < 4.78 is 5.98. The van der Waals surface area contributed by atoms with Crippen LogP contribution >= 0.6 is 11.3 Å². The molecule has 0 saturated carbocycles. The number of hydrogen-bond acceptors (Lipinski definition) is 4. The third-order valence-electron chi connectivity index (χ3n) is 4.10. The monoisotopic (exact) mass is 360 g/mol. The summed E-state index contributed by atoms with van der Waals surface area (Å²) in [5, 5.41) is 2.95. The maximum atomic E-state index is 11.8. The second-order valence-electron chi connectivity index (χ2n) is 7.02. The van der Waals surface area contributed by atoms with Crippen molar-refractivity contribution in [2.45, 2.75) is 54.7 Å². The van der Waals surface area contributed by atoms with Crippen LogP contribution in [0.15, 0.2) is 17.5 Å². The zero-order valence-corrected chi connectivity index (χ0v) is 16.9. The first kappa shape index (κ1) is 19.4. The topological polar surface area (TPSA) is 42.4 Å². The zero-order valence-electron chi connectivity index (χ0n) is 16.0. The highest BCUT2D eigenvalue weighted by Crippen LogP contribution is 2.25. The van der Waals surface area contributed by atoms with E-state index in [0.29, 0.717) is 19.1 Å². The molecule has 1 aromatic heterocycles. The van der Waals surface area contributed by atoms with Crippen molar-refractivity contribution in [2.75, 3.05) is 6.54 Å². The van der Waals surface area contributed by atoms with Crippen molar-refractivity contribution in [1.29, 1.82) is 0 Å². The number of ether oxygens (including phenoxy) is 1. The number of amides is 1. The summed E-state index contributed by atoms with van der Waals surface area (Å²) in [4.78, 5) is 18.3. The first-order valence-corrected chi connectivity index (χ1v) is 9.53. The second kappa shape index (κ2) is 8.48. The standard InChI is InChI=1S/C20H28N2O2S/c1-13(2)9-22(17(6)23)10-18-12-25-20(21-18)11-24-19-8-14(3)7-15(4)16(19)5/h7-8,12-13H,9-11H2,1-6H3. The van der Waals surface area contributed by atoms with Crippen LogP contribution < -0.4 is 4.74 Å². The molecular formula is C20H28N2O2S. The van der Waals surface area contributed by atoms with Gasteiger partial charge in [-0.3, -0.25) is 4.79 Å². The Morgan fingerprint density at radius 3 is 2.64 bits per heavy atom. The minimum Gasteiger partial charge on any atom is -0.486 e. The number of rotatable bonds is 7. The lowest BCUT2D eigenvalue weighted by molar-refractivity contribution is -0.130. The minimum absolute atomic E-state index is 0.0883. The molecule has 0 spiro atoms. The first-order chi connectivity index (χ1) is 11.8. The van der Waals surface area contributed by atoms with Crippen LogP contribution in [-0.4, -0.2) is 22.3 Å². The molecule has 0 aliphatic rings. The Balaban J connectivity index is 2.01. The Hall–Kier alpha value is -1.88. The fourth-order valence-corrected chi connectivity index (χ4v) is 3.42. The Morgan fingerprint density at radius 1 is 1.28 bits per heavy atom. The number of benzene rings is 1. The van der Waals surface area contributed by atoms with Crippen molar-refractivity contribution < 1.29 is 9.53 Å². The number of thiazole rings is 1. The molecule has 1 aromatic carbocycles. The Kier molecular flexibility index (Phi) is 6.59. The molecule has 1 heterocycles. The van der Waals surface area contributed by atoms with Crippen molar-refractivity contribution in [1.82, 2.24) is 9.88 Å². The second-order valence-corrected chi connectivity index (χ2v) is 7.96. The van der Waals surface area contributed by atoms with Crippen LogP contribution in [0.3, 0.4) is 0 Å². The summed E-state index contributed by atoms with van der Waals surface area (Å²) in [6.07, 6.45) is 0. The van der Waals surface area contributed by atoms with Gasteiger partial charge in [0.1, 0.15) is 17.4 Å². The average Bonchev–Trinajstić information content (AvgIpc) is 2.95. The Labute approximate surface area is 154 Å². The van der Waals surface area contributed by atoms with E-state index in [0.717, 1.165) is 23.0 Å². The van der Waals surface area contributed by atoms with E-state index in [1.165, 1.54) is 16.7 Å². The third kappa shape index (κ3) is 5.56. The van der Waals surface area contributed by atoms with Crippen molar-refractivity contribution in [3.05, 3.63) is 44.9 Å². The lowest BCUT2D eigenvalue weighted by Crippen LogP contribution is -2.31. The number of hydrogen-bond donors (Lipinski definition) is 0. The van der Waals surface area contributed by atoms with E-state index in [1.807, 2.05) is 10.3 Å². The summed E-state index contributed by atoms with van der Waals surface area (Å²) >= 11 is 1.58. The van der Waals surface area contributed by atoms with E-state index in [9.17, 15) is 4.79 Å². The molecule has 0 saturated heterocycles. The predicted molar refractivity (Wildman–Crippen MR) is 103 cm³/mol. The number of carbonyl (C=O) groups excluding carboxylic acids is 1. The van der Waals surface area contributed by atoms with Crippen molar-refractivity contribution in [2.24, 2.45) is 5.92 Å². The van der Waals surface area contributed by atoms with E-state index >= 15 is 0 Å². The first-order valence-electron chi connectivity index (χ1n) is 8.65. The summed E-state index contributed by atoms with van der Waals surface area (Å²) in [7, 11) is 0. The molecule has 5 heteroatoms. The van der Waals surface area contributed by atoms with Gasteiger partial charge in [0.15, 0.2) is 0 Å². The van der Waals surface area contributed by atoms with Gasteiger partial charge in [0.25, 0.3) is 0 Å². The van der Waals surface area contributed by atoms with E-state index in [2.05, 4.69) is 51.7 Å². The third-order valence-corrected chi connectivity index (χ3v) is 4.97. The van der Waals surface area contributed by atoms with E-state index in [4.69, 9.17) is 4.74 Å². The molecule has 136 valence electrons. The smallest absolute Gasteiger partial charge is 0.219 e. The molecule has 4 nitrogen and oxygen atoms in total. The molecule has 0 bridgehead atoms. The van der Waals surface area contributed by atoms with Crippen LogP contribution in [-0.2, 0) is 17.9 Å². The molecule has 0 unspecified atom stereocenters. The van der Waals surface area contributed by atoms with Gasteiger partial charge in [-0.05, 0) is 49.4 Å². The highest BCUT2D eigenvalue weighted by Gasteiger charge is 2.14. The highest BCUT2D eigenvalue weighted by molar-refractivity contribution is 7.09. The van der Waals surface area contributed by atoms with E-state index < -0.39 is 0 Å². The van der Waals surface area contributed by atoms with Crippen LogP contribution in [0.25, 0.3) is 0 Å². The number of carbonyl (C=O) groups is 1. The maximum absolute atomic E-state index is 11.8. The fraction of sp³-hybridized carbons (Fsp3) is 0.500. The molecule has 0 fully saturated rings. The van der Waals surface area contributed by atoms with Crippen molar-refractivity contribution in [3.8, 4) is 5.75 Å². The average molecular weight is 361 g/mol. The molecule has 0 aliphatic carbocycles. The molecule has 0 aliphatic heterocycles. The molecular weight excluding hydrogens is 332 g/mol. The molecule has 25 heavy (non-hydrogen) atoms. The Bertz CT molecular complexity index is 737. The van der Waals surface area contributed by atoms with E-state index in [1.54, 1.807) is 18.3 Å². The van der Waals surface area contributed by atoms with Gasteiger partial charge < -0.3 is 9.64 Å². The van der Waals surface area contributed by atoms with Gasteiger partial charge in [-0.25, -0.2) is 4.98 Å². The molecule has 2 aromatic rings. The SMILES string of the molecule is CC(=O)N(Cc1csc(COc2cc(C)cc(C)c2C)n1)CC(C)C. The van der Waals surface area contributed by atoms with Gasteiger partial charge in [0, 0.05) is 18.8 Å². The summed E-state index contributed by atoms with van der Waals surface area (Å²) in [6.45, 7) is 13.9. The quantitative estimate of drug-likeness (QED) is 0.722. The summed E-state index contributed by atoms with van der Waals surface area (Å²) in [5.41, 5.74) is 4.53. The van der Waals surface area contributed by atoms with Gasteiger partial charge in [-0.2, -0.15) is 0 Å². The number of aryl methyl sites for hydroxylation is 2. The molecule has 1 amide bonds. The largest absolute Gasteiger partial charge is 0.486 e. The molecule has 2 rings (SSSR count). The van der Waals surface area contributed by atoms with Crippen molar-refractivity contribution in [3.63, 3.8) is 0 Å². The van der Waals surface area contributed by atoms with Gasteiger partial charge in [-0.1, -0.05) is 19.9 Å². The summed E-state index contributed by atoms with van der Waals surface area (Å²) in [5.74, 6) is 1.45. The maximum Gasteiger partial charge on any atom is 0.219 e. The van der Waals surface area contributed by atoms with Crippen molar-refractivity contribution >= 4 is 17.2 Å². The van der Waals surface area contributed by atoms with Gasteiger partial charge in [0.05, 0.1) is 12.2 Å². The van der Waals surface area contributed by atoms with Crippen LogP contribution in [0, 0.1) is 26.7 Å². The zero-order chi connectivity index (χ0) is 18.6. The van der Waals surface area contributed by atoms with Crippen LogP contribution in [0.5, 0.6) is 5.75 Å². The van der Waals surface area contributed by atoms with Gasteiger partial charge >= 0.3 is 0 Å². The minimum atomic E-state index is 0.0883. The molecule has 0 N–H and O–H groups in total. The van der Waals surface area contributed by atoms with E-state index in [-0.39, 0.29) is 5.91 Å². The number of aromatic nitrogens is 1. The normalized spacial score (nSPS) is 11.0. The highest BCUT2D eigenvalue weighted by atomic mass is 32.1. The number of nitrogens with zero attached hydrogens (tertiary/aromatic N) is 2. The Morgan fingerprint density at radius 2 is 2.00 bits per heavy atom.